The number of likely N-dealkylation sites (N-methyl/N-ethyl adjacent to an activating group) is 1. The summed E-state index contributed by atoms with van der Waals surface area (Å²) in [6, 6.07) is 6.91. The Hall–Kier alpha value is -2.35. The van der Waals surface area contributed by atoms with Crippen LogP contribution in [0, 0.1) is 0 Å². The Morgan fingerprint density at radius 2 is 1.69 bits per heavy atom. The van der Waals surface area contributed by atoms with Crippen molar-refractivity contribution in [3.05, 3.63) is 35.4 Å². The van der Waals surface area contributed by atoms with Crippen LogP contribution < -0.4 is 9.64 Å². The van der Waals surface area contributed by atoms with Gasteiger partial charge in [0, 0.05) is 37.0 Å². The second-order valence-corrected chi connectivity index (χ2v) is 6.42. The van der Waals surface area contributed by atoms with Gasteiger partial charge in [0.1, 0.15) is 5.75 Å². The number of carbonyl (C=O) groups is 2. The van der Waals surface area contributed by atoms with Gasteiger partial charge in [-0.25, -0.2) is 0 Å². The summed E-state index contributed by atoms with van der Waals surface area (Å²) in [6.07, 6.45) is 0. The summed E-state index contributed by atoms with van der Waals surface area (Å²) in [5.41, 5.74) is 1.50. The Balaban J connectivity index is 0.00000196. The Labute approximate surface area is 157 Å². The van der Waals surface area contributed by atoms with Crippen LogP contribution in [0.2, 0.25) is 0 Å². The zero-order valence-electron chi connectivity index (χ0n) is 14.6. The number of methoxy groups -OCH3 is 1. The minimum Gasteiger partial charge on any atom is -0.495 e. The highest BCUT2D eigenvalue weighted by molar-refractivity contribution is 6.26. The number of imide groups is 1. The maximum Gasteiger partial charge on any atom is 0.285 e. The molecule has 1 fully saturated rings. The lowest BCUT2D eigenvalue weighted by atomic mass is 9.93. The van der Waals surface area contributed by atoms with Crippen LogP contribution in [0.1, 0.15) is 20.7 Å². The maximum absolute atomic E-state index is 12.4. The number of nitrogens with zero attached hydrogens (tertiary/aromatic N) is 3. The van der Waals surface area contributed by atoms with Gasteiger partial charge in [-0.2, -0.15) is 0 Å². The lowest BCUT2D eigenvalue weighted by molar-refractivity contribution is -0.0377. The average molecular weight is 378 g/mol. The number of rotatable bonds is 2. The van der Waals surface area contributed by atoms with E-state index in [2.05, 4.69) is 16.8 Å². The van der Waals surface area contributed by atoms with Crippen LogP contribution >= 0.6 is 12.4 Å². The van der Waals surface area contributed by atoms with Crippen LogP contribution in [0.25, 0.3) is 10.8 Å². The van der Waals surface area contributed by atoms with Gasteiger partial charge >= 0.3 is 0 Å². The Bertz CT molecular complexity index is 894. The molecule has 26 heavy (non-hydrogen) atoms. The number of hydrogen-bond donors (Lipinski definition) is 1. The van der Waals surface area contributed by atoms with E-state index < -0.39 is 11.8 Å². The first-order valence-corrected chi connectivity index (χ1v) is 8.17. The van der Waals surface area contributed by atoms with Gasteiger partial charge in [0.25, 0.3) is 11.8 Å². The number of hydroxylamine groups is 2. The number of amides is 2. The molecule has 2 amide bonds. The molecule has 2 aromatic rings. The zero-order valence-corrected chi connectivity index (χ0v) is 15.4. The largest absolute Gasteiger partial charge is 0.495 e. The van der Waals surface area contributed by atoms with E-state index in [9.17, 15) is 14.8 Å². The molecule has 0 atom stereocenters. The molecular weight excluding hydrogens is 358 g/mol. The van der Waals surface area contributed by atoms with Gasteiger partial charge in [-0.15, -0.1) is 17.5 Å². The molecule has 2 aliphatic rings. The molecule has 2 aromatic carbocycles. The third-order valence-electron chi connectivity index (χ3n) is 4.98. The first kappa shape index (κ1) is 18.4. The number of halogens is 1. The van der Waals surface area contributed by atoms with Crippen LogP contribution in [0.15, 0.2) is 24.3 Å². The van der Waals surface area contributed by atoms with Crippen molar-refractivity contribution in [2.45, 2.75) is 0 Å². The molecule has 0 aromatic heterocycles. The Kier molecular flexibility index (Phi) is 4.79. The quantitative estimate of drug-likeness (QED) is 0.637. The van der Waals surface area contributed by atoms with Crippen LogP contribution in [-0.4, -0.2) is 67.3 Å². The first-order chi connectivity index (χ1) is 12.0. The third kappa shape index (κ3) is 2.59. The van der Waals surface area contributed by atoms with E-state index in [1.54, 1.807) is 25.3 Å². The van der Waals surface area contributed by atoms with Crippen molar-refractivity contribution in [3.63, 3.8) is 0 Å². The molecule has 2 aliphatic heterocycles. The topological polar surface area (TPSA) is 73.3 Å². The summed E-state index contributed by atoms with van der Waals surface area (Å²) in [6.45, 7) is 3.52. The van der Waals surface area contributed by atoms with Gasteiger partial charge < -0.3 is 14.5 Å². The van der Waals surface area contributed by atoms with Gasteiger partial charge in [-0.1, -0.05) is 12.1 Å². The SMILES string of the molecule is COc1cc2c3c(cccc3c1N1CCN(C)CC1)C(=O)N(O)C2=O.Cl. The summed E-state index contributed by atoms with van der Waals surface area (Å²) < 4.78 is 5.56. The standard InChI is InChI=1S/C18H19N3O4.ClH/c1-19-6-8-20(9-7-19)16-11-4-3-5-12-15(11)13(10-14(16)25-2)18(23)21(24)17(12)22;/h3-5,10,24H,6-9H2,1-2H3;1H. The van der Waals surface area contributed by atoms with Crippen molar-refractivity contribution >= 4 is 40.7 Å². The smallest absolute Gasteiger partial charge is 0.285 e. The lowest BCUT2D eigenvalue weighted by Gasteiger charge is -2.36. The first-order valence-electron chi connectivity index (χ1n) is 8.17. The normalized spacial score (nSPS) is 17.5. The number of piperazine rings is 1. The lowest BCUT2D eigenvalue weighted by Crippen LogP contribution is -2.45. The van der Waals surface area contributed by atoms with Crippen LogP contribution in [0.3, 0.4) is 0 Å². The maximum atomic E-state index is 12.4. The number of anilines is 1. The molecule has 0 radical (unpaired) electrons. The van der Waals surface area contributed by atoms with Gasteiger partial charge in [0.15, 0.2) is 0 Å². The van der Waals surface area contributed by atoms with Crippen molar-refractivity contribution in [2.24, 2.45) is 0 Å². The molecule has 8 heteroatoms. The van der Waals surface area contributed by atoms with E-state index in [1.165, 1.54) is 0 Å². The number of benzene rings is 2. The number of hydrogen-bond acceptors (Lipinski definition) is 6. The molecule has 0 unspecified atom stereocenters. The van der Waals surface area contributed by atoms with Crippen molar-refractivity contribution in [2.75, 3.05) is 45.2 Å². The van der Waals surface area contributed by atoms with E-state index in [4.69, 9.17) is 4.74 Å². The zero-order chi connectivity index (χ0) is 17.7. The van der Waals surface area contributed by atoms with Gasteiger partial charge in [0.2, 0.25) is 0 Å². The summed E-state index contributed by atoms with van der Waals surface area (Å²) in [5, 5.41) is 11.4. The molecule has 1 N–H and O–H groups in total. The molecule has 0 bridgehead atoms. The van der Waals surface area contributed by atoms with E-state index in [-0.39, 0.29) is 23.0 Å². The van der Waals surface area contributed by atoms with Gasteiger partial charge in [0.05, 0.1) is 23.9 Å². The minimum absolute atomic E-state index is 0. The predicted octanol–water partition coefficient (Wildman–Crippen LogP) is 2.01. The minimum atomic E-state index is -0.725. The van der Waals surface area contributed by atoms with Crippen molar-refractivity contribution in [1.82, 2.24) is 9.96 Å². The molecule has 2 heterocycles. The predicted molar refractivity (Wildman–Crippen MR) is 99.7 cm³/mol. The highest BCUT2D eigenvalue weighted by Gasteiger charge is 2.34. The van der Waals surface area contributed by atoms with Crippen molar-refractivity contribution in [3.8, 4) is 5.75 Å². The number of ether oxygens (including phenoxy) is 1. The molecule has 0 spiro atoms. The second-order valence-electron chi connectivity index (χ2n) is 6.42. The average Bonchev–Trinajstić information content (AvgIpc) is 2.64. The summed E-state index contributed by atoms with van der Waals surface area (Å²) in [5.74, 6) is -0.852. The van der Waals surface area contributed by atoms with E-state index in [1.807, 2.05) is 6.07 Å². The van der Waals surface area contributed by atoms with E-state index >= 15 is 0 Å². The monoisotopic (exact) mass is 377 g/mol. The van der Waals surface area contributed by atoms with Gasteiger partial charge in [-0.3, -0.25) is 14.8 Å². The number of carbonyl (C=O) groups excluding carboxylic acids is 2. The molecule has 4 rings (SSSR count). The Morgan fingerprint density at radius 1 is 1.04 bits per heavy atom. The van der Waals surface area contributed by atoms with Crippen LogP contribution in [-0.2, 0) is 0 Å². The van der Waals surface area contributed by atoms with E-state index in [0.29, 0.717) is 16.7 Å². The fourth-order valence-corrected chi connectivity index (χ4v) is 3.62. The Morgan fingerprint density at radius 3 is 2.35 bits per heavy atom. The van der Waals surface area contributed by atoms with Gasteiger partial charge in [-0.05, 0) is 19.2 Å². The molecule has 7 nitrogen and oxygen atoms in total. The molecule has 0 aliphatic carbocycles. The summed E-state index contributed by atoms with van der Waals surface area (Å²) in [7, 11) is 3.64. The summed E-state index contributed by atoms with van der Waals surface area (Å²) in [4.78, 5) is 29.2. The summed E-state index contributed by atoms with van der Waals surface area (Å²) >= 11 is 0. The molecule has 1 saturated heterocycles. The van der Waals surface area contributed by atoms with Crippen molar-refractivity contribution in [1.29, 1.82) is 0 Å². The van der Waals surface area contributed by atoms with Crippen molar-refractivity contribution < 1.29 is 19.5 Å². The highest BCUT2D eigenvalue weighted by atomic mass is 35.5. The van der Waals surface area contributed by atoms with Crippen LogP contribution in [0.4, 0.5) is 5.69 Å². The van der Waals surface area contributed by atoms with Crippen LogP contribution in [0.5, 0.6) is 5.75 Å². The second kappa shape index (κ2) is 6.75. The molecular formula is C18H20ClN3O4. The molecule has 0 saturated carbocycles. The third-order valence-corrected chi connectivity index (χ3v) is 4.98. The fourth-order valence-electron chi connectivity index (χ4n) is 3.62. The highest BCUT2D eigenvalue weighted by Crippen LogP contribution is 2.42. The van der Waals surface area contributed by atoms with E-state index in [0.717, 1.165) is 37.3 Å². The fraction of sp³-hybridized carbons (Fsp3) is 0.333. The molecule has 138 valence electrons.